The van der Waals surface area contributed by atoms with Crippen molar-refractivity contribution >= 4 is 6.08 Å². The SMILES string of the molecule is Cc1cc2c(cc1C1(N=C=O)CCCC1)OC(C)(C)O2. The zero-order valence-electron chi connectivity index (χ0n) is 12.2. The summed E-state index contributed by atoms with van der Waals surface area (Å²) in [5.74, 6) is 0.868. The van der Waals surface area contributed by atoms with Crippen molar-refractivity contribution in [3.05, 3.63) is 23.3 Å². The van der Waals surface area contributed by atoms with Crippen LogP contribution in [0, 0.1) is 6.92 Å². The van der Waals surface area contributed by atoms with E-state index in [0.717, 1.165) is 48.3 Å². The first-order valence-corrected chi connectivity index (χ1v) is 7.08. The lowest BCUT2D eigenvalue weighted by molar-refractivity contribution is -0.0431. The van der Waals surface area contributed by atoms with Gasteiger partial charge in [0.15, 0.2) is 11.5 Å². The fraction of sp³-hybridized carbons (Fsp3) is 0.562. The Morgan fingerprint density at radius 2 is 1.75 bits per heavy atom. The summed E-state index contributed by atoms with van der Waals surface area (Å²) < 4.78 is 11.6. The molecule has 1 aliphatic heterocycles. The first kappa shape index (κ1) is 13.2. The van der Waals surface area contributed by atoms with Gasteiger partial charge in [0.1, 0.15) is 0 Å². The predicted octanol–water partition coefficient (Wildman–Crippen LogP) is 3.61. The topological polar surface area (TPSA) is 47.9 Å². The van der Waals surface area contributed by atoms with E-state index in [1.807, 2.05) is 32.9 Å². The number of hydrogen-bond donors (Lipinski definition) is 0. The summed E-state index contributed by atoms with van der Waals surface area (Å²) in [6.45, 7) is 5.80. The second-order valence-electron chi connectivity index (χ2n) is 6.16. The van der Waals surface area contributed by atoms with Gasteiger partial charge in [0.05, 0.1) is 5.54 Å². The molecule has 1 fully saturated rings. The van der Waals surface area contributed by atoms with Gasteiger partial charge in [-0.1, -0.05) is 12.8 Å². The minimum absolute atomic E-state index is 0.420. The molecule has 3 rings (SSSR count). The van der Waals surface area contributed by atoms with E-state index in [1.54, 1.807) is 6.08 Å². The van der Waals surface area contributed by atoms with Crippen LogP contribution in [0.4, 0.5) is 0 Å². The highest BCUT2D eigenvalue weighted by atomic mass is 16.7. The smallest absolute Gasteiger partial charge is 0.246 e. The monoisotopic (exact) mass is 273 g/mol. The molecule has 0 spiro atoms. The van der Waals surface area contributed by atoms with Crippen LogP contribution in [-0.2, 0) is 10.3 Å². The Kier molecular flexibility index (Phi) is 2.87. The van der Waals surface area contributed by atoms with Gasteiger partial charge in [-0.2, -0.15) is 4.99 Å². The number of aliphatic imine (C=N–C) groups is 1. The first-order valence-electron chi connectivity index (χ1n) is 7.08. The number of rotatable bonds is 2. The molecule has 1 aromatic rings. The fourth-order valence-electron chi connectivity index (χ4n) is 3.36. The minimum Gasteiger partial charge on any atom is -0.449 e. The summed E-state index contributed by atoms with van der Waals surface area (Å²) in [4.78, 5) is 15.0. The van der Waals surface area contributed by atoms with Crippen LogP contribution in [0.25, 0.3) is 0 Å². The van der Waals surface area contributed by atoms with Crippen LogP contribution in [0.1, 0.15) is 50.7 Å². The lowest BCUT2D eigenvalue weighted by Crippen LogP contribution is -2.29. The molecule has 0 radical (unpaired) electrons. The van der Waals surface area contributed by atoms with Gasteiger partial charge in [0.25, 0.3) is 0 Å². The van der Waals surface area contributed by atoms with E-state index in [1.165, 1.54) is 0 Å². The van der Waals surface area contributed by atoms with Crippen molar-refractivity contribution in [2.75, 3.05) is 0 Å². The van der Waals surface area contributed by atoms with Gasteiger partial charge in [-0.05, 0) is 43.0 Å². The van der Waals surface area contributed by atoms with Crippen LogP contribution in [0.2, 0.25) is 0 Å². The zero-order valence-corrected chi connectivity index (χ0v) is 12.2. The number of aryl methyl sites for hydroxylation is 1. The number of carbonyl (C=O) groups excluding carboxylic acids is 1. The van der Waals surface area contributed by atoms with Crippen LogP contribution in [0.5, 0.6) is 11.5 Å². The summed E-state index contributed by atoms with van der Waals surface area (Å²) in [6.07, 6.45) is 5.73. The molecular formula is C16H19NO3. The lowest BCUT2D eigenvalue weighted by Gasteiger charge is -2.25. The average molecular weight is 273 g/mol. The highest BCUT2D eigenvalue weighted by molar-refractivity contribution is 5.52. The maximum Gasteiger partial charge on any atom is 0.246 e. The number of hydrogen-bond acceptors (Lipinski definition) is 4. The number of fused-ring (bicyclic) bond motifs is 1. The molecule has 0 unspecified atom stereocenters. The second-order valence-corrected chi connectivity index (χ2v) is 6.16. The van der Waals surface area contributed by atoms with Gasteiger partial charge >= 0.3 is 0 Å². The minimum atomic E-state index is -0.635. The van der Waals surface area contributed by atoms with Gasteiger partial charge in [0.2, 0.25) is 11.9 Å². The number of nitrogens with zero attached hydrogens (tertiary/aromatic N) is 1. The summed E-state index contributed by atoms with van der Waals surface area (Å²) in [5.41, 5.74) is 1.74. The number of benzene rings is 1. The predicted molar refractivity (Wildman–Crippen MR) is 74.8 cm³/mol. The fourth-order valence-corrected chi connectivity index (χ4v) is 3.36. The highest BCUT2D eigenvalue weighted by Gasteiger charge is 2.39. The van der Waals surface area contributed by atoms with Crippen LogP contribution < -0.4 is 9.47 Å². The molecule has 1 heterocycles. The van der Waals surface area contributed by atoms with Crippen molar-refractivity contribution in [3.8, 4) is 11.5 Å². The van der Waals surface area contributed by atoms with Gasteiger partial charge in [-0.3, -0.25) is 0 Å². The van der Waals surface area contributed by atoms with E-state index in [-0.39, 0.29) is 0 Å². The lowest BCUT2D eigenvalue weighted by atomic mass is 9.85. The van der Waals surface area contributed by atoms with E-state index in [2.05, 4.69) is 4.99 Å². The zero-order chi connectivity index (χ0) is 14.4. The average Bonchev–Trinajstić information content (AvgIpc) is 2.92. The molecule has 0 atom stereocenters. The van der Waals surface area contributed by atoms with Crippen LogP contribution >= 0.6 is 0 Å². The molecule has 1 aromatic carbocycles. The standard InChI is InChI=1S/C16H19NO3/c1-11-8-13-14(20-15(2,3)19-13)9-12(11)16(17-10-18)6-4-5-7-16/h8-9H,4-7H2,1-3H3. The third kappa shape index (κ3) is 2.01. The Balaban J connectivity index is 2.10. The van der Waals surface area contributed by atoms with E-state index in [0.29, 0.717) is 0 Å². The molecule has 0 saturated heterocycles. The third-order valence-electron chi connectivity index (χ3n) is 4.19. The Labute approximate surface area is 118 Å². The van der Waals surface area contributed by atoms with Crippen LogP contribution in [0.3, 0.4) is 0 Å². The van der Waals surface area contributed by atoms with E-state index >= 15 is 0 Å². The maximum atomic E-state index is 10.8. The van der Waals surface area contributed by atoms with Gasteiger partial charge in [0, 0.05) is 13.8 Å². The van der Waals surface area contributed by atoms with Gasteiger partial charge < -0.3 is 9.47 Å². The van der Waals surface area contributed by atoms with Gasteiger partial charge in [-0.25, -0.2) is 4.79 Å². The molecule has 0 N–H and O–H groups in total. The Hall–Kier alpha value is -1.80. The van der Waals surface area contributed by atoms with Crippen molar-refractivity contribution in [2.45, 2.75) is 57.8 Å². The quantitative estimate of drug-likeness (QED) is 0.611. The van der Waals surface area contributed by atoms with Crippen molar-refractivity contribution < 1.29 is 14.3 Å². The molecule has 20 heavy (non-hydrogen) atoms. The number of ether oxygens (including phenoxy) is 2. The van der Waals surface area contributed by atoms with E-state index < -0.39 is 11.3 Å². The molecule has 4 heteroatoms. The Morgan fingerprint density at radius 3 is 2.35 bits per heavy atom. The molecule has 4 nitrogen and oxygen atoms in total. The molecular weight excluding hydrogens is 254 g/mol. The van der Waals surface area contributed by atoms with Crippen molar-refractivity contribution in [3.63, 3.8) is 0 Å². The maximum absolute atomic E-state index is 10.8. The molecule has 106 valence electrons. The molecule has 0 amide bonds. The summed E-state index contributed by atoms with van der Waals surface area (Å²) in [6, 6.07) is 3.98. The summed E-state index contributed by atoms with van der Waals surface area (Å²) in [5, 5.41) is 0. The Morgan fingerprint density at radius 1 is 1.15 bits per heavy atom. The molecule has 0 bridgehead atoms. The molecule has 2 aliphatic rings. The second kappa shape index (κ2) is 4.35. The largest absolute Gasteiger partial charge is 0.449 e. The van der Waals surface area contributed by atoms with Crippen molar-refractivity contribution in [1.82, 2.24) is 0 Å². The molecule has 0 aromatic heterocycles. The third-order valence-corrected chi connectivity index (χ3v) is 4.19. The Bertz CT molecular complexity index is 594. The number of isocyanates is 1. The summed E-state index contributed by atoms with van der Waals surface area (Å²) >= 11 is 0. The molecule has 1 aliphatic carbocycles. The molecule has 1 saturated carbocycles. The first-order chi connectivity index (χ1) is 9.46. The highest BCUT2D eigenvalue weighted by Crippen LogP contribution is 2.48. The van der Waals surface area contributed by atoms with Crippen molar-refractivity contribution in [2.24, 2.45) is 4.99 Å². The summed E-state index contributed by atoms with van der Waals surface area (Å²) in [7, 11) is 0. The van der Waals surface area contributed by atoms with E-state index in [9.17, 15) is 4.79 Å². The van der Waals surface area contributed by atoms with E-state index in [4.69, 9.17) is 9.47 Å². The van der Waals surface area contributed by atoms with Gasteiger partial charge in [-0.15, -0.1) is 0 Å². The van der Waals surface area contributed by atoms with Crippen LogP contribution in [0.15, 0.2) is 17.1 Å². The van der Waals surface area contributed by atoms with Crippen molar-refractivity contribution in [1.29, 1.82) is 0 Å². The van der Waals surface area contributed by atoms with Crippen LogP contribution in [-0.4, -0.2) is 11.9 Å². The normalized spacial score (nSPS) is 21.6.